The number of carbonyl (C=O) groups excluding carboxylic acids is 3. The SMILES string of the molecule is Cc1c(Cl)cccc1N1C(=O)NC(=O)/C(=C\c2ccc(OCc3ccc(Br)cc3)c(Cl)c2)C1=O. The van der Waals surface area contributed by atoms with Gasteiger partial charge in [0.15, 0.2) is 0 Å². The fourth-order valence-corrected chi connectivity index (χ4v) is 4.02. The van der Waals surface area contributed by atoms with Crippen LogP contribution in [0.3, 0.4) is 0 Å². The molecule has 0 aliphatic carbocycles. The number of benzene rings is 3. The molecule has 3 aromatic rings. The first-order valence-electron chi connectivity index (χ1n) is 10.1. The molecule has 9 heteroatoms. The second-order valence-corrected chi connectivity index (χ2v) is 9.18. The highest BCUT2D eigenvalue weighted by Gasteiger charge is 2.37. The van der Waals surface area contributed by atoms with Gasteiger partial charge in [0.25, 0.3) is 11.8 Å². The fourth-order valence-electron chi connectivity index (χ4n) is 3.35. The molecule has 172 valence electrons. The van der Waals surface area contributed by atoms with Crippen LogP contribution in [-0.2, 0) is 16.2 Å². The van der Waals surface area contributed by atoms with E-state index in [4.69, 9.17) is 27.9 Å². The van der Waals surface area contributed by atoms with Crippen molar-refractivity contribution in [2.75, 3.05) is 4.90 Å². The van der Waals surface area contributed by atoms with E-state index in [1.165, 1.54) is 6.08 Å². The number of rotatable bonds is 5. The van der Waals surface area contributed by atoms with Crippen LogP contribution in [0, 0.1) is 6.92 Å². The number of anilines is 1. The molecule has 0 saturated carbocycles. The van der Waals surface area contributed by atoms with Gasteiger partial charge in [0.1, 0.15) is 17.9 Å². The number of hydrogen-bond acceptors (Lipinski definition) is 4. The van der Waals surface area contributed by atoms with Crippen molar-refractivity contribution in [3.05, 3.63) is 97.4 Å². The highest BCUT2D eigenvalue weighted by atomic mass is 79.9. The van der Waals surface area contributed by atoms with E-state index >= 15 is 0 Å². The number of barbiturate groups is 1. The number of carbonyl (C=O) groups is 3. The molecule has 0 unspecified atom stereocenters. The second-order valence-electron chi connectivity index (χ2n) is 7.45. The van der Waals surface area contributed by atoms with Crippen molar-refractivity contribution in [1.82, 2.24) is 5.32 Å². The Hall–Kier alpha value is -3.13. The maximum atomic E-state index is 13.1. The van der Waals surface area contributed by atoms with Gasteiger partial charge in [-0.05, 0) is 66.1 Å². The van der Waals surface area contributed by atoms with Crippen LogP contribution in [0.1, 0.15) is 16.7 Å². The van der Waals surface area contributed by atoms with Crippen LogP contribution in [0.2, 0.25) is 10.0 Å². The number of ether oxygens (including phenoxy) is 1. The number of urea groups is 1. The number of hydrogen-bond donors (Lipinski definition) is 1. The van der Waals surface area contributed by atoms with Crippen LogP contribution in [0.5, 0.6) is 5.75 Å². The first-order valence-corrected chi connectivity index (χ1v) is 11.6. The summed E-state index contributed by atoms with van der Waals surface area (Å²) in [6.45, 7) is 2.01. The quantitative estimate of drug-likeness (QED) is 0.293. The van der Waals surface area contributed by atoms with E-state index in [2.05, 4.69) is 21.2 Å². The van der Waals surface area contributed by atoms with E-state index in [1.807, 2.05) is 24.3 Å². The summed E-state index contributed by atoms with van der Waals surface area (Å²) in [5.41, 5.74) is 2.09. The smallest absolute Gasteiger partial charge is 0.335 e. The summed E-state index contributed by atoms with van der Waals surface area (Å²) in [4.78, 5) is 38.9. The Morgan fingerprint density at radius 1 is 1.00 bits per heavy atom. The maximum absolute atomic E-state index is 13.1. The second kappa shape index (κ2) is 10.0. The lowest BCUT2D eigenvalue weighted by Gasteiger charge is -2.27. The van der Waals surface area contributed by atoms with Crippen molar-refractivity contribution in [2.24, 2.45) is 0 Å². The van der Waals surface area contributed by atoms with Gasteiger partial charge in [-0.2, -0.15) is 0 Å². The van der Waals surface area contributed by atoms with Gasteiger partial charge in [-0.3, -0.25) is 14.9 Å². The molecular formula is C25H17BrCl2N2O4. The van der Waals surface area contributed by atoms with Crippen molar-refractivity contribution < 1.29 is 19.1 Å². The van der Waals surface area contributed by atoms with Gasteiger partial charge in [-0.25, -0.2) is 9.69 Å². The minimum atomic E-state index is -0.841. The Labute approximate surface area is 214 Å². The number of nitrogens with zero attached hydrogens (tertiary/aromatic N) is 1. The largest absolute Gasteiger partial charge is 0.487 e. The molecule has 0 spiro atoms. The summed E-state index contributed by atoms with van der Waals surface area (Å²) in [5.74, 6) is -1.10. The highest BCUT2D eigenvalue weighted by molar-refractivity contribution is 9.10. The summed E-state index contributed by atoms with van der Waals surface area (Å²) in [7, 11) is 0. The topological polar surface area (TPSA) is 75.7 Å². The van der Waals surface area contributed by atoms with Crippen molar-refractivity contribution in [3.8, 4) is 5.75 Å². The van der Waals surface area contributed by atoms with Crippen LogP contribution in [0.15, 0.2) is 70.7 Å². The molecule has 34 heavy (non-hydrogen) atoms. The first kappa shape index (κ1) is 24.0. The standard InChI is InChI=1S/C25H17BrCl2N2O4/c1-14-19(27)3-2-4-21(14)30-24(32)18(23(31)29-25(30)33)11-16-7-10-22(20(28)12-16)34-13-15-5-8-17(26)9-6-15/h2-12H,13H2,1H3,(H,29,31,33)/b18-11+. The molecule has 0 aromatic heterocycles. The summed E-state index contributed by atoms with van der Waals surface area (Å²) in [5, 5.41) is 2.91. The molecule has 0 bridgehead atoms. The van der Waals surface area contributed by atoms with Crippen LogP contribution in [0.4, 0.5) is 10.5 Å². The Bertz CT molecular complexity index is 1340. The van der Waals surface area contributed by atoms with Crippen LogP contribution in [-0.4, -0.2) is 17.8 Å². The Morgan fingerprint density at radius 2 is 1.74 bits per heavy atom. The zero-order valence-electron chi connectivity index (χ0n) is 17.8. The van der Waals surface area contributed by atoms with Crippen molar-refractivity contribution >= 4 is 68.7 Å². The average Bonchev–Trinajstić information content (AvgIpc) is 2.80. The monoisotopic (exact) mass is 558 g/mol. The lowest BCUT2D eigenvalue weighted by atomic mass is 10.1. The van der Waals surface area contributed by atoms with Gasteiger partial charge in [0.05, 0.1) is 10.7 Å². The Morgan fingerprint density at radius 3 is 2.44 bits per heavy atom. The van der Waals surface area contributed by atoms with E-state index in [0.717, 1.165) is 14.9 Å². The molecule has 0 radical (unpaired) electrons. The molecule has 1 fully saturated rings. The van der Waals surface area contributed by atoms with Crippen LogP contribution < -0.4 is 15.0 Å². The molecule has 1 aliphatic heterocycles. The molecule has 1 heterocycles. The van der Waals surface area contributed by atoms with E-state index < -0.39 is 17.8 Å². The van der Waals surface area contributed by atoms with Gasteiger partial charge >= 0.3 is 6.03 Å². The van der Waals surface area contributed by atoms with E-state index in [9.17, 15) is 14.4 Å². The van der Waals surface area contributed by atoms with Gasteiger partial charge in [0, 0.05) is 9.50 Å². The fraction of sp³-hybridized carbons (Fsp3) is 0.0800. The summed E-state index contributed by atoms with van der Waals surface area (Å²) in [6.07, 6.45) is 1.38. The van der Waals surface area contributed by atoms with Gasteiger partial charge in [-0.1, -0.05) is 63.4 Å². The average molecular weight is 560 g/mol. The normalized spacial score (nSPS) is 15.0. The zero-order valence-corrected chi connectivity index (χ0v) is 20.9. The lowest BCUT2D eigenvalue weighted by molar-refractivity contribution is -0.122. The number of halogens is 3. The molecule has 0 atom stereocenters. The van der Waals surface area contributed by atoms with Crippen LogP contribution in [0.25, 0.3) is 6.08 Å². The molecule has 3 aromatic carbocycles. The van der Waals surface area contributed by atoms with E-state index in [1.54, 1.807) is 43.3 Å². The third-order valence-corrected chi connectivity index (χ3v) is 6.39. The number of amides is 4. The lowest BCUT2D eigenvalue weighted by Crippen LogP contribution is -2.54. The summed E-state index contributed by atoms with van der Waals surface area (Å²) < 4.78 is 6.75. The Balaban J connectivity index is 1.58. The first-order chi connectivity index (χ1) is 16.2. The maximum Gasteiger partial charge on any atom is 0.335 e. The van der Waals surface area contributed by atoms with Crippen molar-refractivity contribution in [2.45, 2.75) is 13.5 Å². The van der Waals surface area contributed by atoms with Gasteiger partial charge < -0.3 is 4.74 Å². The molecule has 4 rings (SSSR count). The minimum Gasteiger partial charge on any atom is -0.487 e. The van der Waals surface area contributed by atoms with Gasteiger partial charge in [-0.15, -0.1) is 0 Å². The van der Waals surface area contributed by atoms with E-state index in [0.29, 0.717) is 39.2 Å². The van der Waals surface area contributed by atoms with Gasteiger partial charge in [0.2, 0.25) is 0 Å². The predicted octanol–water partition coefficient (Wildman–Crippen LogP) is 6.31. The van der Waals surface area contributed by atoms with Crippen molar-refractivity contribution in [1.29, 1.82) is 0 Å². The molecular weight excluding hydrogens is 543 g/mol. The molecule has 1 saturated heterocycles. The minimum absolute atomic E-state index is 0.210. The third kappa shape index (κ3) is 5.01. The Kier molecular flexibility index (Phi) is 7.07. The van der Waals surface area contributed by atoms with Crippen LogP contribution >= 0.6 is 39.1 Å². The number of nitrogens with one attached hydrogen (secondary N) is 1. The molecule has 6 nitrogen and oxygen atoms in total. The van der Waals surface area contributed by atoms with E-state index in [-0.39, 0.29) is 5.57 Å². The third-order valence-electron chi connectivity index (χ3n) is 5.16. The molecule has 1 N–H and O–H groups in total. The van der Waals surface area contributed by atoms with Crippen molar-refractivity contribution in [3.63, 3.8) is 0 Å². The molecule has 1 aliphatic rings. The molecule has 4 amide bonds. The number of imide groups is 2. The predicted molar refractivity (Wildman–Crippen MR) is 135 cm³/mol. The highest BCUT2D eigenvalue weighted by Crippen LogP contribution is 2.31. The zero-order chi connectivity index (χ0) is 24.4. The summed E-state index contributed by atoms with van der Waals surface area (Å²) >= 11 is 15.9. The summed E-state index contributed by atoms with van der Waals surface area (Å²) in [6, 6.07) is 16.6.